The van der Waals surface area contributed by atoms with Crippen LogP contribution in [-0.4, -0.2) is 0 Å². The van der Waals surface area contributed by atoms with Gasteiger partial charge in [-0.15, -0.1) is 0 Å². The highest BCUT2D eigenvalue weighted by Gasteiger charge is 2.17. The van der Waals surface area contributed by atoms with E-state index in [9.17, 15) is 0 Å². The Bertz CT molecular complexity index is 645. The topological polar surface area (TPSA) is 0 Å². The van der Waals surface area contributed by atoms with Crippen molar-refractivity contribution in [3.8, 4) is 0 Å². The molecule has 0 heteroatoms. The molecule has 0 aromatic rings. The number of hydrogen-bond donors (Lipinski definition) is 0. The van der Waals surface area contributed by atoms with Crippen LogP contribution in [0, 0.1) is 58.2 Å². The van der Waals surface area contributed by atoms with Gasteiger partial charge in [-0.05, 0) is 58.2 Å². The number of unbranched alkanes of at least 4 members (excludes halogenated alkanes) is 3. The van der Waals surface area contributed by atoms with Gasteiger partial charge < -0.3 is 0 Å². The monoisotopic (exact) mass is 959 g/mol. The van der Waals surface area contributed by atoms with Gasteiger partial charge in [-0.1, -0.05) is 382 Å². The van der Waals surface area contributed by atoms with E-state index in [0.717, 1.165) is 47.3 Å². The highest BCUT2D eigenvalue weighted by molar-refractivity contribution is 4.70. The Morgan fingerprint density at radius 3 is 0.597 bits per heavy atom. The molecule has 0 bridgehead atoms. The van der Waals surface area contributed by atoms with Crippen molar-refractivity contribution in [1.82, 2.24) is 0 Å². The van der Waals surface area contributed by atoms with E-state index in [4.69, 9.17) is 0 Å². The highest BCUT2D eigenvalue weighted by atomic mass is 14.2. The minimum atomic E-state index is 0.500. The average Bonchev–Trinajstić information content (AvgIpc) is 4.18. The van der Waals surface area contributed by atoms with Crippen LogP contribution in [0.25, 0.3) is 0 Å². The third kappa shape index (κ3) is 178. The summed E-state index contributed by atoms with van der Waals surface area (Å²) in [4.78, 5) is 0. The van der Waals surface area contributed by atoms with Crippen LogP contribution in [0.5, 0.6) is 0 Å². The van der Waals surface area contributed by atoms with Gasteiger partial charge in [0.25, 0.3) is 0 Å². The molecule has 0 amide bonds. The zero-order valence-electron chi connectivity index (χ0n) is 55.3. The second-order valence-electron chi connectivity index (χ2n) is 24.5. The SMILES string of the molecule is CC.CC.CC(C)(C)C.CC(C)C.CC1CC1.CC1CCC1.CC1CCCC1.CCC.CCC(C)(C)C.CCC(C)C.CCC(C)C.CCC1CC1.CCC1CCC1.CCCC.CCCCC. The lowest BCUT2D eigenvalue weighted by atomic mass is 9.84. The molecule has 0 aromatic carbocycles. The highest BCUT2D eigenvalue weighted by Crippen LogP contribution is 2.31. The maximum atomic E-state index is 2.34. The Balaban J connectivity index is -0.0000000655. The molecule has 0 spiro atoms. The first-order valence-electron chi connectivity index (χ1n) is 31.1. The van der Waals surface area contributed by atoms with Crippen molar-refractivity contribution in [2.75, 3.05) is 0 Å². The van der Waals surface area contributed by atoms with Gasteiger partial charge in [0.2, 0.25) is 0 Å². The number of rotatable bonds is 7. The molecule has 67 heavy (non-hydrogen) atoms. The van der Waals surface area contributed by atoms with Crippen LogP contribution in [0.4, 0.5) is 0 Å². The molecule has 0 saturated heterocycles. The van der Waals surface area contributed by atoms with E-state index in [1.165, 1.54) is 161 Å². The Morgan fingerprint density at radius 2 is 0.582 bits per heavy atom. The molecule has 0 atom stereocenters. The molecule has 0 aliphatic heterocycles. The van der Waals surface area contributed by atoms with Gasteiger partial charge in [0.1, 0.15) is 0 Å². The Labute approximate surface area is 438 Å². The summed E-state index contributed by atoms with van der Waals surface area (Å²) in [6, 6.07) is 0. The fourth-order valence-electron chi connectivity index (χ4n) is 3.69. The largest absolute Gasteiger partial charge is 0.0683 e. The first kappa shape index (κ1) is 89.8. The van der Waals surface area contributed by atoms with Crippen LogP contribution >= 0.6 is 0 Å². The predicted molar refractivity (Wildman–Crippen MR) is 330 cm³/mol. The van der Waals surface area contributed by atoms with E-state index in [0.29, 0.717) is 10.8 Å². The summed E-state index contributed by atoms with van der Waals surface area (Å²) >= 11 is 0. The molecule has 5 saturated carbocycles. The molecule has 5 aliphatic carbocycles. The van der Waals surface area contributed by atoms with Crippen LogP contribution in [-0.2, 0) is 0 Å². The Hall–Kier alpha value is 0. The van der Waals surface area contributed by atoms with Crippen molar-refractivity contribution in [2.24, 2.45) is 58.2 Å². The Morgan fingerprint density at radius 1 is 0.373 bits per heavy atom. The molecule has 5 aliphatic rings. The molecule has 0 heterocycles. The van der Waals surface area contributed by atoms with Crippen LogP contribution < -0.4 is 0 Å². The smallest absolute Gasteiger partial charge is 0.0385 e. The predicted octanol–water partition coefficient (Wildman–Crippen LogP) is 27.2. The lowest BCUT2D eigenvalue weighted by molar-refractivity contribution is 0.307. The molecule has 5 rings (SSSR count). The summed E-state index contributed by atoms with van der Waals surface area (Å²) in [5.74, 6) is 8.05. The molecule has 0 unspecified atom stereocenters. The van der Waals surface area contributed by atoms with Gasteiger partial charge in [0, 0.05) is 0 Å². The average molecular weight is 960 g/mol. The van der Waals surface area contributed by atoms with Crippen molar-refractivity contribution >= 4 is 0 Å². The number of hydrogen-bond acceptors (Lipinski definition) is 0. The maximum Gasteiger partial charge on any atom is -0.0385 e. The van der Waals surface area contributed by atoms with Crippen molar-refractivity contribution in [3.63, 3.8) is 0 Å². The van der Waals surface area contributed by atoms with E-state index in [1.54, 1.807) is 0 Å². The second-order valence-corrected chi connectivity index (χ2v) is 24.5. The molecule has 5 fully saturated rings. The molecule has 0 aromatic heterocycles. The fourth-order valence-corrected chi connectivity index (χ4v) is 3.69. The first-order chi connectivity index (χ1) is 31.1. The van der Waals surface area contributed by atoms with Crippen molar-refractivity contribution in [2.45, 2.75) is 382 Å². The van der Waals surface area contributed by atoms with E-state index in [2.05, 4.69) is 194 Å². The zero-order chi connectivity index (χ0) is 55.3. The summed E-state index contributed by atoms with van der Waals surface area (Å²) in [6.07, 6.45) is 35.6. The molecule has 0 N–H and O–H groups in total. The van der Waals surface area contributed by atoms with Gasteiger partial charge in [-0.2, -0.15) is 0 Å². The Kier molecular flexibility index (Phi) is 100. The zero-order valence-corrected chi connectivity index (χ0v) is 55.3. The summed E-state index contributed by atoms with van der Waals surface area (Å²) in [5.41, 5.74) is 1.04. The maximum absolute atomic E-state index is 2.34. The second kappa shape index (κ2) is 74.9. The molecule has 0 nitrogen and oxygen atoms in total. The minimum Gasteiger partial charge on any atom is -0.0683 e. The van der Waals surface area contributed by atoms with E-state index in [-0.39, 0.29) is 0 Å². The van der Waals surface area contributed by atoms with Gasteiger partial charge in [-0.25, -0.2) is 0 Å². The fraction of sp³-hybridized carbons (Fsp3) is 1.00. The van der Waals surface area contributed by atoms with Gasteiger partial charge in [-0.3, -0.25) is 0 Å². The van der Waals surface area contributed by atoms with Crippen LogP contribution in [0.2, 0.25) is 0 Å². The van der Waals surface area contributed by atoms with Gasteiger partial charge in [0.15, 0.2) is 0 Å². The summed E-state index contributed by atoms with van der Waals surface area (Å²) < 4.78 is 0. The van der Waals surface area contributed by atoms with E-state index < -0.39 is 0 Å². The lowest BCUT2D eigenvalue weighted by Crippen LogP contribution is -2.08. The van der Waals surface area contributed by atoms with Crippen LogP contribution in [0.15, 0.2) is 0 Å². The van der Waals surface area contributed by atoms with Crippen molar-refractivity contribution in [3.05, 3.63) is 0 Å². The standard InChI is InChI=1S/2C6H12.C6H14.2C5H10.4C5H12.C4H8.2C4H10.C3H8.2C2H6/c1-6-4-2-3-5-6;1-2-6-4-3-5-6;1-5-6(2,3)4;1-5-3-2-4-5;1-2-5-3-4-5;1-5(2,3)4;2*1-4-5(2)3;1-3-5-4-2;1-4-2-3-4;1-4(2)3;1-3-4-2;1-3-2;2*1-2/h2*6H,2-5H2,1H3;5H2,1-4H3;2*5H,2-4H2,1H3;1-4H3;2*5H,4H2,1-3H3;3-5H2,1-2H3;4H,2-3H2,1H3;4H,1-3H3;3-4H2,1-2H3;3H2,1-2H3;2*1-2H3. The first-order valence-corrected chi connectivity index (χ1v) is 31.1. The molecule has 422 valence electrons. The van der Waals surface area contributed by atoms with Crippen LogP contribution in [0.3, 0.4) is 0 Å². The third-order valence-corrected chi connectivity index (χ3v) is 10.9. The summed E-state index contributed by atoms with van der Waals surface area (Å²) in [6.45, 7) is 70.0. The van der Waals surface area contributed by atoms with Gasteiger partial charge >= 0.3 is 0 Å². The van der Waals surface area contributed by atoms with Crippen molar-refractivity contribution in [1.29, 1.82) is 0 Å². The third-order valence-electron chi connectivity index (χ3n) is 10.9. The van der Waals surface area contributed by atoms with Crippen molar-refractivity contribution < 1.29 is 0 Å². The lowest BCUT2D eigenvalue weighted by Gasteiger charge is -2.22. The van der Waals surface area contributed by atoms with Crippen LogP contribution in [0.1, 0.15) is 382 Å². The quantitative estimate of drug-likeness (QED) is 0.239. The molecular formula is C67H154. The molecule has 0 radical (unpaired) electrons. The minimum absolute atomic E-state index is 0.500. The van der Waals surface area contributed by atoms with E-state index >= 15 is 0 Å². The molecular weight excluding hydrogens is 805 g/mol. The summed E-state index contributed by atoms with van der Waals surface area (Å²) in [7, 11) is 0. The summed E-state index contributed by atoms with van der Waals surface area (Å²) in [5, 5.41) is 0. The van der Waals surface area contributed by atoms with E-state index in [1.807, 2.05) is 27.7 Å². The van der Waals surface area contributed by atoms with Gasteiger partial charge in [0.05, 0.1) is 0 Å². The normalized spacial score (nSPS) is 15.1.